The Kier molecular flexibility index (Phi) is 3.48. The predicted octanol–water partition coefficient (Wildman–Crippen LogP) is 3.94. The van der Waals surface area contributed by atoms with Gasteiger partial charge in [0, 0.05) is 4.91 Å². The zero-order valence-electron chi connectivity index (χ0n) is 11.1. The first-order valence-electron chi connectivity index (χ1n) is 7.19. The van der Waals surface area contributed by atoms with Crippen LogP contribution in [0.15, 0.2) is 46.2 Å². The zero-order valence-corrected chi connectivity index (χ0v) is 11.9. The van der Waals surface area contributed by atoms with E-state index in [4.69, 9.17) is 0 Å². The molecule has 0 aliphatic heterocycles. The SMILES string of the molecule is O=S(=O)(C1=C[C@H]2CCCC[C@H]2CC1)c1ccccc1. The third-order valence-corrected chi connectivity index (χ3v) is 6.45. The molecule has 19 heavy (non-hydrogen) atoms. The van der Waals surface area contributed by atoms with Crippen molar-refractivity contribution in [2.75, 3.05) is 0 Å². The van der Waals surface area contributed by atoms with Crippen molar-refractivity contribution in [2.45, 2.75) is 43.4 Å². The van der Waals surface area contributed by atoms with Gasteiger partial charge in [-0.1, -0.05) is 37.1 Å². The van der Waals surface area contributed by atoms with E-state index in [1.54, 1.807) is 24.3 Å². The third-order valence-electron chi connectivity index (χ3n) is 4.53. The van der Waals surface area contributed by atoms with Crippen LogP contribution in [0.1, 0.15) is 38.5 Å². The first-order chi connectivity index (χ1) is 9.18. The van der Waals surface area contributed by atoms with Gasteiger partial charge in [-0.15, -0.1) is 0 Å². The fourth-order valence-electron chi connectivity index (χ4n) is 3.44. The van der Waals surface area contributed by atoms with Gasteiger partial charge in [-0.25, -0.2) is 8.42 Å². The lowest BCUT2D eigenvalue weighted by atomic mass is 9.74. The molecule has 3 rings (SSSR count). The largest absolute Gasteiger partial charge is 0.219 e. The fourth-order valence-corrected chi connectivity index (χ4v) is 5.00. The normalized spacial score (nSPS) is 27.5. The lowest BCUT2D eigenvalue weighted by Crippen LogP contribution is -2.23. The molecule has 2 atom stereocenters. The summed E-state index contributed by atoms with van der Waals surface area (Å²) in [4.78, 5) is 1.09. The minimum absolute atomic E-state index is 0.440. The molecule has 1 saturated carbocycles. The molecule has 0 unspecified atom stereocenters. The Morgan fingerprint density at radius 3 is 2.47 bits per heavy atom. The van der Waals surface area contributed by atoms with E-state index >= 15 is 0 Å². The number of allylic oxidation sites excluding steroid dienone is 2. The summed E-state index contributed by atoms with van der Waals surface area (Å²) in [6.07, 6.45) is 8.83. The van der Waals surface area contributed by atoms with Crippen LogP contribution in [0, 0.1) is 11.8 Å². The highest BCUT2D eigenvalue weighted by molar-refractivity contribution is 7.95. The van der Waals surface area contributed by atoms with Gasteiger partial charge in [0.2, 0.25) is 9.84 Å². The van der Waals surface area contributed by atoms with Crippen LogP contribution in [-0.2, 0) is 9.84 Å². The number of rotatable bonds is 2. The minimum Gasteiger partial charge on any atom is -0.219 e. The van der Waals surface area contributed by atoms with Gasteiger partial charge in [0.1, 0.15) is 0 Å². The summed E-state index contributed by atoms with van der Waals surface area (Å²) in [5.74, 6) is 1.22. The Balaban J connectivity index is 1.92. The quantitative estimate of drug-likeness (QED) is 0.819. The first kappa shape index (κ1) is 12.9. The third kappa shape index (κ3) is 2.48. The van der Waals surface area contributed by atoms with Gasteiger partial charge in [0.05, 0.1) is 4.90 Å². The maximum atomic E-state index is 12.6. The highest BCUT2D eigenvalue weighted by Gasteiger charge is 2.31. The summed E-state index contributed by atoms with van der Waals surface area (Å²) >= 11 is 0. The average molecular weight is 276 g/mol. The second kappa shape index (κ2) is 5.12. The van der Waals surface area contributed by atoms with Gasteiger partial charge in [0.15, 0.2) is 0 Å². The Morgan fingerprint density at radius 1 is 0.947 bits per heavy atom. The first-order valence-corrected chi connectivity index (χ1v) is 8.67. The molecule has 0 bridgehead atoms. The van der Waals surface area contributed by atoms with E-state index in [2.05, 4.69) is 6.08 Å². The summed E-state index contributed by atoms with van der Waals surface area (Å²) in [6, 6.07) is 8.83. The molecule has 1 fully saturated rings. The minimum atomic E-state index is -3.25. The molecule has 1 aromatic carbocycles. The Labute approximate surface area is 115 Å². The molecule has 0 spiro atoms. The van der Waals surface area contributed by atoms with Crippen molar-refractivity contribution < 1.29 is 8.42 Å². The van der Waals surface area contributed by atoms with Crippen LogP contribution in [-0.4, -0.2) is 8.42 Å². The molecular formula is C16H20O2S. The van der Waals surface area contributed by atoms with Crippen LogP contribution < -0.4 is 0 Å². The highest BCUT2D eigenvalue weighted by atomic mass is 32.2. The van der Waals surface area contributed by atoms with Crippen molar-refractivity contribution in [3.8, 4) is 0 Å². The van der Waals surface area contributed by atoms with E-state index in [1.807, 2.05) is 6.07 Å². The smallest absolute Gasteiger partial charge is 0.202 e. The molecule has 0 amide bonds. The number of hydrogen-bond donors (Lipinski definition) is 0. The monoisotopic (exact) mass is 276 g/mol. The van der Waals surface area contributed by atoms with Crippen LogP contribution in [0.4, 0.5) is 0 Å². The van der Waals surface area contributed by atoms with Gasteiger partial charge in [-0.2, -0.15) is 0 Å². The zero-order chi connectivity index (χ0) is 13.3. The highest BCUT2D eigenvalue weighted by Crippen LogP contribution is 2.41. The number of benzene rings is 1. The van der Waals surface area contributed by atoms with Crippen LogP contribution >= 0.6 is 0 Å². The predicted molar refractivity (Wildman–Crippen MR) is 76.4 cm³/mol. The molecule has 3 heteroatoms. The van der Waals surface area contributed by atoms with Gasteiger partial charge in [-0.3, -0.25) is 0 Å². The van der Waals surface area contributed by atoms with E-state index in [0.29, 0.717) is 15.7 Å². The summed E-state index contributed by atoms with van der Waals surface area (Å²) in [6.45, 7) is 0. The molecule has 0 saturated heterocycles. The van der Waals surface area contributed by atoms with E-state index in [9.17, 15) is 8.42 Å². The van der Waals surface area contributed by atoms with Gasteiger partial charge in [0.25, 0.3) is 0 Å². The fraction of sp³-hybridized carbons (Fsp3) is 0.500. The molecule has 0 heterocycles. The molecule has 2 aliphatic carbocycles. The average Bonchev–Trinajstić information content (AvgIpc) is 2.47. The van der Waals surface area contributed by atoms with Crippen molar-refractivity contribution >= 4 is 9.84 Å². The molecular weight excluding hydrogens is 256 g/mol. The summed E-state index contributed by atoms with van der Waals surface area (Å²) in [7, 11) is -3.25. The maximum absolute atomic E-state index is 12.6. The molecule has 0 N–H and O–H groups in total. The molecule has 1 aromatic rings. The second-order valence-corrected chi connectivity index (χ2v) is 7.70. The maximum Gasteiger partial charge on any atom is 0.202 e. The van der Waals surface area contributed by atoms with E-state index < -0.39 is 9.84 Å². The molecule has 0 aromatic heterocycles. The second-order valence-electron chi connectivity index (χ2n) is 5.70. The van der Waals surface area contributed by atoms with Gasteiger partial charge < -0.3 is 0 Å². The molecule has 2 nitrogen and oxygen atoms in total. The van der Waals surface area contributed by atoms with Gasteiger partial charge >= 0.3 is 0 Å². The van der Waals surface area contributed by atoms with Crippen molar-refractivity contribution in [1.82, 2.24) is 0 Å². The lowest BCUT2D eigenvalue weighted by Gasteiger charge is -2.33. The Hall–Kier alpha value is -1.09. The Bertz CT molecular complexity index is 572. The van der Waals surface area contributed by atoms with Crippen LogP contribution in [0.3, 0.4) is 0 Å². The molecule has 2 aliphatic rings. The summed E-state index contributed by atoms with van der Waals surface area (Å²) < 4.78 is 25.2. The van der Waals surface area contributed by atoms with Crippen molar-refractivity contribution in [3.05, 3.63) is 41.3 Å². The molecule has 102 valence electrons. The van der Waals surface area contributed by atoms with E-state index in [0.717, 1.165) is 18.8 Å². The number of sulfone groups is 1. The van der Waals surface area contributed by atoms with Crippen LogP contribution in [0.5, 0.6) is 0 Å². The number of hydrogen-bond acceptors (Lipinski definition) is 2. The molecule has 0 radical (unpaired) electrons. The van der Waals surface area contributed by atoms with Crippen molar-refractivity contribution in [3.63, 3.8) is 0 Å². The lowest BCUT2D eigenvalue weighted by molar-refractivity contribution is 0.258. The number of fused-ring (bicyclic) bond motifs is 1. The van der Waals surface area contributed by atoms with Crippen LogP contribution in [0.25, 0.3) is 0 Å². The topological polar surface area (TPSA) is 34.1 Å². The summed E-state index contributed by atoms with van der Waals surface area (Å²) in [5, 5.41) is 0. The van der Waals surface area contributed by atoms with Crippen molar-refractivity contribution in [1.29, 1.82) is 0 Å². The van der Waals surface area contributed by atoms with Gasteiger partial charge in [-0.05, 0) is 49.7 Å². The summed E-state index contributed by atoms with van der Waals surface area (Å²) in [5.41, 5.74) is 0. The van der Waals surface area contributed by atoms with E-state index in [1.165, 1.54) is 25.7 Å². The standard InChI is InChI=1S/C16H20O2S/c17-19(18,15-8-2-1-3-9-15)16-11-10-13-6-4-5-7-14(13)12-16/h1-3,8-9,12-14H,4-7,10-11H2/t13-,14+/m0/s1. The Morgan fingerprint density at radius 2 is 1.68 bits per heavy atom. The van der Waals surface area contributed by atoms with Crippen molar-refractivity contribution in [2.24, 2.45) is 11.8 Å². The van der Waals surface area contributed by atoms with Crippen LogP contribution in [0.2, 0.25) is 0 Å². The van der Waals surface area contributed by atoms with E-state index in [-0.39, 0.29) is 0 Å².